The third-order valence-corrected chi connectivity index (χ3v) is 4.88. The molecule has 19 heavy (non-hydrogen) atoms. The van der Waals surface area contributed by atoms with Crippen molar-refractivity contribution in [2.24, 2.45) is 23.5 Å². The Labute approximate surface area is 121 Å². The maximum absolute atomic E-state index is 11.8. The Morgan fingerprint density at radius 2 is 2.00 bits per heavy atom. The number of hydrogen-bond acceptors (Lipinski definition) is 3. The first-order chi connectivity index (χ1) is 8.72. The van der Waals surface area contributed by atoms with Gasteiger partial charge < -0.3 is 11.1 Å². The number of likely N-dealkylation sites (tertiary alicyclic amines) is 1. The Morgan fingerprint density at radius 1 is 1.21 bits per heavy atom. The molecule has 3 unspecified atom stereocenters. The summed E-state index contributed by atoms with van der Waals surface area (Å²) in [5.74, 6) is 2.35. The zero-order valence-corrected chi connectivity index (χ0v) is 12.3. The number of amides is 1. The number of carbonyl (C=O) groups is 1. The maximum atomic E-state index is 11.8. The third kappa shape index (κ3) is 3.83. The molecule has 2 saturated carbocycles. The second kappa shape index (κ2) is 6.42. The van der Waals surface area contributed by atoms with Gasteiger partial charge in [-0.3, -0.25) is 9.69 Å². The highest BCUT2D eigenvalue weighted by Crippen LogP contribution is 2.35. The summed E-state index contributed by atoms with van der Waals surface area (Å²) >= 11 is 0. The van der Waals surface area contributed by atoms with Crippen LogP contribution in [0.5, 0.6) is 0 Å². The summed E-state index contributed by atoms with van der Waals surface area (Å²) in [6.45, 7) is 3.57. The minimum Gasteiger partial charge on any atom is -0.355 e. The molecule has 1 amide bonds. The lowest BCUT2D eigenvalue weighted by Gasteiger charge is -2.29. The Hall–Kier alpha value is -0.320. The van der Waals surface area contributed by atoms with Crippen molar-refractivity contribution in [3.63, 3.8) is 0 Å². The van der Waals surface area contributed by atoms with E-state index in [1.807, 2.05) is 0 Å². The minimum atomic E-state index is 0. The van der Waals surface area contributed by atoms with E-state index in [9.17, 15) is 4.79 Å². The van der Waals surface area contributed by atoms with Gasteiger partial charge >= 0.3 is 0 Å². The van der Waals surface area contributed by atoms with Gasteiger partial charge in [-0.25, -0.2) is 0 Å². The lowest BCUT2D eigenvalue weighted by atomic mass is 9.78. The first-order valence-corrected chi connectivity index (χ1v) is 7.47. The van der Waals surface area contributed by atoms with Crippen molar-refractivity contribution in [3.8, 4) is 0 Å². The largest absolute Gasteiger partial charge is 0.355 e. The van der Waals surface area contributed by atoms with Crippen molar-refractivity contribution in [2.45, 2.75) is 38.1 Å². The summed E-state index contributed by atoms with van der Waals surface area (Å²) in [6, 6.07) is 0.364. The van der Waals surface area contributed by atoms with Crippen LogP contribution in [0, 0.1) is 17.8 Å². The van der Waals surface area contributed by atoms with Crippen LogP contribution in [-0.4, -0.2) is 43.0 Å². The van der Waals surface area contributed by atoms with Crippen LogP contribution in [0.25, 0.3) is 0 Å². The highest BCUT2D eigenvalue weighted by molar-refractivity contribution is 5.85. The quantitative estimate of drug-likeness (QED) is 0.811. The SMILES string of the molecule is Cl.NC1CCCC2CN(CC(=O)NCC3CC3)CC12. The number of carbonyl (C=O) groups excluding carboxylic acids is 1. The van der Waals surface area contributed by atoms with Gasteiger partial charge in [0.25, 0.3) is 0 Å². The summed E-state index contributed by atoms with van der Waals surface area (Å²) in [6.07, 6.45) is 6.33. The first kappa shape index (κ1) is 15.1. The van der Waals surface area contributed by atoms with Gasteiger partial charge in [-0.1, -0.05) is 6.42 Å². The van der Waals surface area contributed by atoms with Crippen molar-refractivity contribution in [3.05, 3.63) is 0 Å². The lowest BCUT2D eigenvalue weighted by Crippen LogP contribution is -2.39. The van der Waals surface area contributed by atoms with Gasteiger partial charge in [0.1, 0.15) is 0 Å². The summed E-state index contributed by atoms with van der Waals surface area (Å²) < 4.78 is 0. The summed E-state index contributed by atoms with van der Waals surface area (Å²) in [5.41, 5.74) is 6.19. The van der Waals surface area contributed by atoms with E-state index in [1.54, 1.807) is 0 Å². The fourth-order valence-corrected chi connectivity index (χ4v) is 3.58. The Bertz CT molecular complexity index is 322. The Kier molecular flexibility index (Phi) is 5.09. The van der Waals surface area contributed by atoms with Crippen LogP contribution in [0.2, 0.25) is 0 Å². The van der Waals surface area contributed by atoms with E-state index in [0.29, 0.717) is 18.5 Å². The van der Waals surface area contributed by atoms with E-state index in [2.05, 4.69) is 10.2 Å². The van der Waals surface area contributed by atoms with E-state index in [4.69, 9.17) is 5.73 Å². The highest BCUT2D eigenvalue weighted by atomic mass is 35.5. The van der Waals surface area contributed by atoms with Gasteiger partial charge in [0.2, 0.25) is 5.91 Å². The van der Waals surface area contributed by atoms with E-state index >= 15 is 0 Å². The summed E-state index contributed by atoms with van der Waals surface area (Å²) in [7, 11) is 0. The number of rotatable bonds is 4. The van der Waals surface area contributed by atoms with Gasteiger partial charge in [-0.15, -0.1) is 12.4 Å². The predicted octanol–water partition coefficient (Wildman–Crippen LogP) is 0.994. The monoisotopic (exact) mass is 287 g/mol. The molecule has 0 aromatic heterocycles. The Morgan fingerprint density at radius 3 is 2.68 bits per heavy atom. The molecule has 3 atom stereocenters. The molecule has 0 spiro atoms. The highest BCUT2D eigenvalue weighted by Gasteiger charge is 2.39. The van der Waals surface area contributed by atoms with Crippen LogP contribution in [0.15, 0.2) is 0 Å². The summed E-state index contributed by atoms with van der Waals surface area (Å²) in [5, 5.41) is 3.05. The number of nitrogens with two attached hydrogens (primary N) is 1. The number of fused-ring (bicyclic) bond motifs is 1. The van der Waals surface area contributed by atoms with Gasteiger partial charge in [0.15, 0.2) is 0 Å². The van der Waals surface area contributed by atoms with E-state index < -0.39 is 0 Å². The Balaban J connectivity index is 0.00000133. The topological polar surface area (TPSA) is 58.4 Å². The zero-order valence-electron chi connectivity index (χ0n) is 11.5. The van der Waals surface area contributed by atoms with Crippen molar-refractivity contribution < 1.29 is 4.79 Å². The molecule has 3 fully saturated rings. The van der Waals surface area contributed by atoms with Crippen LogP contribution in [-0.2, 0) is 4.79 Å². The van der Waals surface area contributed by atoms with Crippen LogP contribution in [0.3, 0.4) is 0 Å². The molecule has 4 nitrogen and oxygen atoms in total. The van der Waals surface area contributed by atoms with Crippen molar-refractivity contribution in [1.82, 2.24) is 10.2 Å². The molecule has 3 N–H and O–H groups in total. The van der Waals surface area contributed by atoms with Gasteiger partial charge in [0, 0.05) is 25.7 Å². The number of hydrogen-bond donors (Lipinski definition) is 2. The average Bonchev–Trinajstić information content (AvgIpc) is 3.07. The summed E-state index contributed by atoms with van der Waals surface area (Å²) in [4.78, 5) is 14.1. The maximum Gasteiger partial charge on any atom is 0.234 e. The molecule has 1 heterocycles. The molecular weight excluding hydrogens is 262 g/mol. The molecule has 110 valence electrons. The minimum absolute atomic E-state index is 0. The van der Waals surface area contributed by atoms with E-state index in [0.717, 1.165) is 31.5 Å². The second-order valence-corrected chi connectivity index (χ2v) is 6.46. The second-order valence-electron chi connectivity index (χ2n) is 6.46. The zero-order chi connectivity index (χ0) is 12.5. The van der Waals surface area contributed by atoms with Crippen molar-refractivity contribution >= 4 is 18.3 Å². The molecule has 0 aromatic carbocycles. The number of nitrogens with one attached hydrogen (secondary N) is 1. The molecule has 2 aliphatic carbocycles. The molecule has 1 saturated heterocycles. The first-order valence-electron chi connectivity index (χ1n) is 7.47. The van der Waals surface area contributed by atoms with Crippen molar-refractivity contribution in [2.75, 3.05) is 26.2 Å². The molecule has 3 aliphatic rings. The van der Waals surface area contributed by atoms with Crippen molar-refractivity contribution in [1.29, 1.82) is 0 Å². The van der Waals surface area contributed by atoms with E-state index in [-0.39, 0.29) is 18.3 Å². The fourth-order valence-electron chi connectivity index (χ4n) is 3.58. The molecule has 0 bridgehead atoms. The fraction of sp³-hybridized carbons (Fsp3) is 0.929. The van der Waals surface area contributed by atoms with Crippen LogP contribution < -0.4 is 11.1 Å². The van der Waals surface area contributed by atoms with Gasteiger partial charge in [-0.2, -0.15) is 0 Å². The lowest BCUT2D eigenvalue weighted by molar-refractivity contribution is -0.122. The standard InChI is InChI=1S/C14H25N3O.ClH/c15-13-3-1-2-11-7-17(8-12(11)13)9-14(18)16-6-10-4-5-10;/h10-13H,1-9,15H2,(H,16,18);1H. The van der Waals surface area contributed by atoms with Crippen LogP contribution in [0.4, 0.5) is 0 Å². The smallest absolute Gasteiger partial charge is 0.234 e. The molecule has 0 aromatic rings. The average molecular weight is 288 g/mol. The molecule has 5 heteroatoms. The molecule has 1 aliphatic heterocycles. The predicted molar refractivity (Wildman–Crippen MR) is 78.2 cm³/mol. The number of halogens is 1. The number of nitrogens with zero attached hydrogens (tertiary/aromatic N) is 1. The molecule has 3 rings (SSSR count). The van der Waals surface area contributed by atoms with Gasteiger partial charge in [0.05, 0.1) is 6.54 Å². The molecular formula is C14H26ClN3O. The van der Waals surface area contributed by atoms with Gasteiger partial charge in [-0.05, 0) is 43.4 Å². The molecule has 0 radical (unpaired) electrons. The third-order valence-electron chi connectivity index (χ3n) is 4.88. The normalized spacial score (nSPS) is 34.5. The van der Waals surface area contributed by atoms with Crippen LogP contribution in [0.1, 0.15) is 32.1 Å². The van der Waals surface area contributed by atoms with Crippen LogP contribution >= 0.6 is 12.4 Å². The van der Waals surface area contributed by atoms with E-state index in [1.165, 1.54) is 32.1 Å².